The molecule has 2 aromatic heterocycles. The number of aryl methyl sites for hydroxylation is 1. The van der Waals surface area contributed by atoms with Crippen molar-refractivity contribution in [1.29, 1.82) is 0 Å². The minimum absolute atomic E-state index is 0.283. The topological polar surface area (TPSA) is 60.3 Å². The van der Waals surface area contributed by atoms with E-state index in [1.165, 1.54) is 19.2 Å². The first-order chi connectivity index (χ1) is 12.0. The van der Waals surface area contributed by atoms with E-state index in [1.54, 1.807) is 12.1 Å². The summed E-state index contributed by atoms with van der Waals surface area (Å²) in [7, 11) is 1.34. The molecule has 6 nitrogen and oxygen atoms in total. The van der Waals surface area contributed by atoms with Crippen molar-refractivity contribution < 1.29 is 13.9 Å². The third kappa shape index (κ3) is 2.71. The summed E-state index contributed by atoms with van der Waals surface area (Å²) in [4.78, 5) is 18.3. The van der Waals surface area contributed by atoms with Gasteiger partial charge in [0.25, 0.3) is 0 Å². The van der Waals surface area contributed by atoms with Crippen LogP contribution < -0.4 is 4.90 Å². The predicted molar refractivity (Wildman–Crippen MR) is 91.1 cm³/mol. The number of pyridine rings is 1. The number of hydrogen-bond donors (Lipinski definition) is 0. The van der Waals surface area contributed by atoms with Gasteiger partial charge in [-0.25, -0.2) is 9.18 Å². The molecule has 4 rings (SSSR count). The molecule has 3 aromatic rings. The second-order valence-electron chi connectivity index (χ2n) is 6.10. The van der Waals surface area contributed by atoms with Crippen molar-refractivity contribution in [3.05, 3.63) is 53.2 Å². The number of aromatic nitrogens is 3. The number of halogens is 1. The molecule has 0 unspecified atom stereocenters. The third-order valence-corrected chi connectivity index (χ3v) is 4.41. The molecule has 0 atom stereocenters. The maximum absolute atomic E-state index is 13.7. The van der Waals surface area contributed by atoms with E-state index in [0.717, 1.165) is 28.0 Å². The monoisotopic (exact) mass is 340 g/mol. The largest absolute Gasteiger partial charge is 0.464 e. The van der Waals surface area contributed by atoms with E-state index < -0.39 is 5.97 Å². The number of fused-ring (bicyclic) bond motifs is 2. The summed E-state index contributed by atoms with van der Waals surface area (Å²) in [6, 6.07) is 8.35. The summed E-state index contributed by atoms with van der Waals surface area (Å²) < 4.78 is 20.3. The van der Waals surface area contributed by atoms with Gasteiger partial charge in [0.2, 0.25) is 0 Å². The molecule has 0 fully saturated rings. The summed E-state index contributed by atoms with van der Waals surface area (Å²) in [5.41, 5.74) is 3.81. The third-order valence-electron chi connectivity index (χ3n) is 4.41. The lowest BCUT2D eigenvalue weighted by molar-refractivity contribution is 0.0593. The minimum Gasteiger partial charge on any atom is -0.464 e. The summed E-state index contributed by atoms with van der Waals surface area (Å²) in [6.07, 6.45) is 0. The van der Waals surface area contributed by atoms with E-state index in [0.29, 0.717) is 25.3 Å². The van der Waals surface area contributed by atoms with Crippen molar-refractivity contribution in [2.45, 2.75) is 20.0 Å². The fourth-order valence-corrected chi connectivity index (χ4v) is 3.25. The van der Waals surface area contributed by atoms with Crippen LogP contribution >= 0.6 is 0 Å². The standard InChI is InChI=1S/C18H17FN4O2/c1-11-7-17(14-8-12(19)3-4-15(14)20-11)22-5-6-23-13(10-22)9-16(21-23)18(24)25-2/h3-4,7-9H,5-6,10H2,1-2H3. The van der Waals surface area contributed by atoms with Crippen molar-refractivity contribution in [2.75, 3.05) is 18.6 Å². The summed E-state index contributed by atoms with van der Waals surface area (Å²) >= 11 is 0. The van der Waals surface area contributed by atoms with Gasteiger partial charge in [-0.05, 0) is 37.3 Å². The number of carbonyl (C=O) groups is 1. The Morgan fingerprint density at radius 1 is 1.24 bits per heavy atom. The van der Waals surface area contributed by atoms with Crippen LogP contribution in [0, 0.1) is 12.7 Å². The maximum atomic E-state index is 13.7. The highest BCUT2D eigenvalue weighted by molar-refractivity contribution is 5.92. The van der Waals surface area contributed by atoms with Crippen LogP contribution in [0.25, 0.3) is 10.9 Å². The first-order valence-electron chi connectivity index (χ1n) is 8.02. The van der Waals surface area contributed by atoms with Crippen molar-refractivity contribution in [1.82, 2.24) is 14.8 Å². The Morgan fingerprint density at radius 3 is 2.88 bits per heavy atom. The second kappa shape index (κ2) is 5.84. The molecule has 0 aliphatic carbocycles. The van der Waals surface area contributed by atoms with Crippen LogP contribution in [-0.4, -0.2) is 34.4 Å². The molecular weight excluding hydrogens is 323 g/mol. The molecular formula is C18H17FN4O2. The molecule has 0 N–H and O–H groups in total. The van der Waals surface area contributed by atoms with Crippen molar-refractivity contribution >= 4 is 22.6 Å². The van der Waals surface area contributed by atoms with E-state index in [4.69, 9.17) is 4.74 Å². The number of rotatable bonds is 2. The number of carbonyl (C=O) groups excluding carboxylic acids is 1. The summed E-state index contributed by atoms with van der Waals surface area (Å²) in [5.74, 6) is -0.727. The van der Waals surface area contributed by atoms with E-state index in [1.807, 2.05) is 17.7 Å². The van der Waals surface area contributed by atoms with E-state index >= 15 is 0 Å². The number of ether oxygens (including phenoxy) is 1. The van der Waals surface area contributed by atoms with E-state index in [-0.39, 0.29) is 5.82 Å². The van der Waals surface area contributed by atoms with Gasteiger partial charge >= 0.3 is 5.97 Å². The lowest BCUT2D eigenvalue weighted by Crippen LogP contribution is -2.34. The smallest absolute Gasteiger partial charge is 0.358 e. The molecule has 0 saturated carbocycles. The second-order valence-corrected chi connectivity index (χ2v) is 6.10. The van der Waals surface area contributed by atoms with Gasteiger partial charge in [-0.2, -0.15) is 5.10 Å². The molecule has 3 heterocycles. The molecule has 0 saturated heterocycles. The quantitative estimate of drug-likeness (QED) is 0.671. The first-order valence-corrected chi connectivity index (χ1v) is 8.02. The summed E-state index contributed by atoms with van der Waals surface area (Å²) in [6.45, 7) is 3.86. The Balaban J connectivity index is 1.74. The van der Waals surface area contributed by atoms with Gasteiger partial charge in [-0.15, -0.1) is 0 Å². The molecule has 7 heteroatoms. The van der Waals surface area contributed by atoms with Crippen molar-refractivity contribution in [2.24, 2.45) is 0 Å². The minimum atomic E-state index is -0.444. The van der Waals surface area contributed by atoms with Crippen LogP contribution in [0.3, 0.4) is 0 Å². The van der Waals surface area contributed by atoms with Crippen LogP contribution in [-0.2, 0) is 17.8 Å². The number of anilines is 1. The lowest BCUT2D eigenvalue weighted by atomic mass is 10.1. The number of esters is 1. The molecule has 25 heavy (non-hydrogen) atoms. The van der Waals surface area contributed by atoms with Gasteiger partial charge < -0.3 is 9.64 Å². The zero-order chi connectivity index (χ0) is 17.6. The number of benzene rings is 1. The van der Waals surface area contributed by atoms with Gasteiger partial charge in [0.15, 0.2) is 5.69 Å². The Hall–Kier alpha value is -2.96. The molecule has 1 aliphatic rings. The van der Waals surface area contributed by atoms with Crippen molar-refractivity contribution in [3.8, 4) is 0 Å². The molecule has 0 radical (unpaired) electrons. The average Bonchev–Trinajstić information content (AvgIpc) is 3.04. The number of nitrogens with zero attached hydrogens (tertiary/aromatic N) is 4. The molecule has 1 aromatic carbocycles. The molecule has 0 spiro atoms. The van der Waals surface area contributed by atoms with Crippen LogP contribution in [0.1, 0.15) is 21.9 Å². The van der Waals surface area contributed by atoms with Crippen LogP contribution in [0.5, 0.6) is 0 Å². The molecule has 128 valence electrons. The lowest BCUT2D eigenvalue weighted by Gasteiger charge is -2.30. The van der Waals surface area contributed by atoms with Gasteiger partial charge in [-0.1, -0.05) is 0 Å². The normalized spacial score (nSPS) is 13.8. The molecule has 0 amide bonds. The predicted octanol–water partition coefficient (Wildman–Crippen LogP) is 2.69. The van der Waals surface area contributed by atoms with Gasteiger partial charge in [-0.3, -0.25) is 9.67 Å². The van der Waals surface area contributed by atoms with E-state index in [9.17, 15) is 9.18 Å². The van der Waals surface area contributed by atoms with Crippen LogP contribution in [0.2, 0.25) is 0 Å². The molecule has 0 bridgehead atoms. The maximum Gasteiger partial charge on any atom is 0.358 e. The Morgan fingerprint density at radius 2 is 2.08 bits per heavy atom. The Kier molecular flexibility index (Phi) is 3.63. The van der Waals surface area contributed by atoms with Gasteiger partial charge in [0.1, 0.15) is 5.82 Å². The highest BCUT2D eigenvalue weighted by atomic mass is 19.1. The summed E-state index contributed by atoms with van der Waals surface area (Å²) in [5, 5.41) is 5.07. The highest BCUT2D eigenvalue weighted by Crippen LogP contribution is 2.30. The van der Waals surface area contributed by atoms with Crippen LogP contribution in [0.4, 0.5) is 10.1 Å². The van der Waals surface area contributed by atoms with E-state index in [2.05, 4.69) is 15.0 Å². The zero-order valence-electron chi connectivity index (χ0n) is 14.0. The Labute approximate surface area is 143 Å². The van der Waals surface area contributed by atoms with Gasteiger partial charge in [0, 0.05) is 23.3 Å². The van der Waals surface area contributed by atoms with Crippen molar-refractivity contribution in [3.63, 3.8) is 0 Å². The zero-order valence-corrected chi connectivity index (χ0v) is 14.0. The highest BCUT2D eigenvalue weighted by Gasteiger charge is 2.23. The molecule has 1 aliphatic heterocycles. The number of methoxy groups -OCH3 is 1. The van der Waals surface area contributed by atoms with Gasteiger partial charge in [0.05, 0.1) is 31.4 Å². The average molecular weight is 340 g/mol. The first kappa shape index (κ1) is 15.6. The fourth-order valence-electron chi connectivity index (χ4n) is 3.25. The van der Waals surface area contributed by atoms with Crippen LogP contribution in [0.15, 0.2) is 30.3 Å². The fraction of sp³-hybridized carbons (Fsp3) is 0.278. The Bertz CT molecular complexity index is 983. The SMILES string of the molecule is COC(=O)c1cc2n(n1)CCN(c1cc(C)nc3ccc(F)cc13)C2. The number of hydrogen-bond acceptors (Lipinski definition) is 5.